The molecule has 82 valence electrons. The van der Waals surface area contributed by atoms with E-state index in [4.69, 9.17) is 16.3 Å². The van der Waals surface area contributed by atoms with E-state index in [0.717, 1.165) is 0 Å². The number of methoxy groups -OCH3 is 1. The highest BCUT2D eigenvalue weighted by atomic mass is 35.5. The number of nitrogens with zero attached hydrogens (tertiary/aromatic N) is 2. The highest BCUT2D eigenvalue weighted by molar-refractivity contribution is 6.30. The summed E-state index contributed by atoms with van der Waals surface area (Å²) < 4.78 is 6.17. The van der Waals surface area contributed by atoms with Gasteiger partial charge in [-0.2, -0.15) is 4.68 Å². The molecule has 2 rings (SSSR count). The molecular formula is C11H9ClN2O2. The Kier molecular flexibility index (Phi) is 2.92. The van der Waals surface area contributed by atoms with Crippen LogP contribution < -0.4 is 10.3 Å². The molecule has 5 heteroatoms. The summed E-state index contributed by atoms with van der Waals surface area (Å²) >= 11 is 5.79. The molecular weight excluding hydrogens is 228 g/mol. The van der Waals surface area contributed by atoms with Crippen molar-refractivity contribution in [2.45, 2.75) is 0 Å². The van der Waals surface area contributed by atoms with Crippen molar-refractivity contribution in [1.82, 2.24) is 9.78 Å². The summed E-state index contributed by atoms with van der Waals surface area (Å²) in [5.74, 6) is 0.299. The van der Waals surface area contributed by atoms with Gasteiger partial charge < -0.3 is 4.74 Å². The van der Waals surface area contributed by atoms with E-state index in [0.29, 0.717) is 11.6 Å². The second-order valence-electron chi connectivity index (χ2n) is 3.09. The van der Waals surface area contributed by atoms with Crippen LogP contribution in [-0.4, -0.2) is 16.9 Å². The first-order valence-electron chi connectivity index (χ1n) is 4.61. The average molecular weight is 237 g/mol. The Labute approximate surface area is 97.0 Å². The topological polar surface area (TPSA) is 44.1 Å². The van der Waals surface area contributed by atoms with Crippen molar-refractivity contribution in [2.75, 3.05) is 7.11 Å². The molecule has 1 heterocycles. The molecule has 0 unspecified atom stereocenters. The molecule has 1 aromatic heterocycles. The number of aromatic nitrogens is 2. The highest BCUT2D eigenvalue weighted by Crippen LogP contribution is 2.12. The van der Waals surface area contributed by atoms with Crippen LogP contribution in [0.15, 0.2) is 41.2 Å². The Hall–Kier alpha value is -1.81. The molecule has 0 spiro atoms. The molecule has 0 saturated heterocycles. The van der Waals surface area contributed by atoms with Gasteiger partial charge in [-0.3, -0.25) is 4.79 Å². The first-order chi connectivity index (χ1) is 7.72. The van der Waals surface area contributed by atoms with E-state index in [1.165, 1.54) is 17.9 Å². The predicted octanol–water partition coefficient (Wildman–Crippen LogP) is 1.89. The molecule has 0 aliphatic carbocycles. The number of hydrogen-bond donors (Lipinski definition) is 0. The Bertz CT molecular complexity index is 552. The Morgan fingerprint density at radius 3 is 2.62 bits per heavy atom. The largest absolute Gasteiger partial charge is 0.480 e. The van der Waals surface area contributed by atoms with E-state index in [1.807, 2.05) is 18.2 Å². The molecule has 0 aliphatic rings. The monoisotopic (exact) mass is 236 g/mol. The normalized spacial score (nSPS) is 10.1. The number of rotatable bonds is 2. The number of benzene rings is 1. The van der Waals surface area contributed by atoms with Crippen LogP contribution >= 0.6 is 11.6 Å². The van der Waals surface area contributed by atoms with E-state index < -0.39 is 0 Å². The zero-order valence-electron chi connectivity index (χ0n) is 8.55. The second kappa shape index (κ2) is 4.37. The fraction of sp³-hybridized carbons (Fsp3) is 0.0909. The van der Waals surface area contributed by atoms with Crippen LogP contribution in [0.2, 0.25) is 5.02 Å². The molecule has 0 saturated carbocycles. The Morgan fingerprint density at radius 2 is 2.00 bits per heavy atom. The van der Waals surface area contributed by atoms with Crippen LogP contribution in [0.25, 0.3) is 5.69 Å². The standard InChI is InChI=1S/C11H9ClN2O2/c1-16-10-7-9(12)11(15)14(13-10)8-5-3-2-4-6-8/h2-7H,1H3. The Morgan fingerprint density at radius 1 is 1.31 bits per heavy atom. The first-order valence-corrected chi connectivity index (χ1v) is 4.99. The summed E-state index contributed by atoms with van der Waals surface area (Å²) in [6.45, 7) is 0. The van der Waals surface area contributed by atoms with Crippen molar-refractivity contribution in [1.29, 1.82) is 0 Å². The lowest BCUT2D eigenvalue weighted by molar-refractivity contribution is 0.386. The Balaban J connectivity index is 2.65. The molecule has 0 fully saturated rings. The molecule has 4 nitrogen and oxygen atoms in total. The van der Waals surface area contributed by atoms with Crippen molar-refractivity contribution < 1.29 is 4.74 Å². The van der Waals surface area contributed by atoms with Gasteiger partial charge in [0.05, 0.1) is 12.8 Å². The van der Waals surface area contributed by atoms with Crippen LogP contribution in [0.5, 0.6) is 5.88 Å². The van der Waals surface area contributed by atoms with Crippen LogP contribution in [0.3, 0.4) is 0 Å². The lowest BCUT2D eigenvalue weighted by Gasteiger charge is -2.06. The lowest BCUT2D eigenvalue weighted by atomic mass is 10.3. The second-order valence-corrected chi connectivity index (χ2v) is 3.49. The van der Waals surface area contributed by atoms with Gasteiger partial charge in [0.2, 0.25) is 5.88 Å². The van der Waals surface area contributed by atoms with Crippen molar-refractivity contribution in [3.8, 4) is 11.6 Å². The molecule has 0 atom stereocenters. The van der Waals surface area contributed by atoms with Gasteiger partial charge in [-0.1, -0.05) is 29.8 Å². The minimum Gasteiger partial charge on any atom is -0.480 e. The summed E-state index contributed by atoms with van der Waals surface area (Å²) in [6, 6.07) is 10.4. The van der Waals surface area contributed by atoms with Gasteiger partial charge >= 0.3 is 0 Å². The molecule has 0 bridgehead atoms. The smallest absolute Gasteiger partial charge is 0.290 e. The van der Waals surface area contributed by atoms with Crippen LogP contribution in [0.4, 0.5) is 0 Å². The third-order valence-corrected chi connectivity index (χ3v) is 2.33. The molecule has 0 amide bonds. The van der Waals surface area contributed by atoms with Crippen LogP contribution in [-0.2, 0) is 0 Å². The first kappa shape index (κ1) is 10.7. The van der Waals surface area contributed by atoms with Crippen LogP contribution in [0.1, 0.15) is 0 Å². The number of halogens is 1. The molecule has 0 N–H and O–H groups in total. The third kappa shape index (κ3) is 1.92. The summed E-state index contributed by atoms with van der Waals surface area (Å²) in [7, 11) is 1.47. The highest BCUT2D eigenvalue weighted by Gasteiger charge is 2.07. The SMILES string of the molecule is COc1cc(Cl)c(=O)n(-c2ccccc2)n1. The maximum absolute atomic E-state index is 11.8. The minimum atomic E-state index is -0.367. The predicted molar refractivity (Wildman–Crippen MR) is 61.4 cm³/mol. The molecule has 16 heavy (non-hydrogen) atoms. The molecule has 0 radical (unpaired) electrons. The summed E-state index contributed by atoms with van der Waals surface area (Å²) in [5, 5.41) is 4.10. The van der Waals surface area contributed by atoms with Gasteiger partial charge in [-0.25, -0.2) is 0 Å². The van der Waals surface area contributed by atoms with Crippen LogP contribution in [0, 0.1) is 0 Å². The van der Waals surface area contributed by atoms with Gasteiger partial charge in [0.15, 0.2) is 0 Å². The zero-order valence-corrected chi connectivity index (χ0v) is 9.31. The maximum atomic E-state index is 11.8. The minimum absolute atomic E-state index is 0.0794. The van der Waals surface area contributed by atoms with E-state index in [2.05, 4.69) is 5.10 Å². The van der Waals surface area contributed by atoms with Crippen molar-refractivity contribution in [2.24, 2.45) is 0 Å². The fourth-order valence-corrected chi connectivity index (χ4v) is 1.46. The van der Waals surface area contributed by atoms with E-state index in [1.54, 1.807) is 12.1 Å². The number of hydrogen-bond acceptors (Lipinski definition) is 3. The number of ether oxygens (including phenoxy) is 1. The summed E-state index contributed by atoms with van der Waals surface area (Å²) in [5.41, 5.74) is 0.280. The van der Waals surface area contributed by atoms with E-state index >= 15 is 0 Å². The fourth-order valence-electron chi connectivity index (χ4n) is 1.29. The van der Waals surface area contributed by atoms with E-state index in [9.17, 15) is 4.79 Å². The van der Waals surface area contributed by atoms with Gasteiger partial charge in [0.25, 0.3) is 5.56 Å². The van der Waals surface area contributed by atoms with E-state index in [-0.39, 0.29) is 10.6 Å². The lowest BCUT2D eigenvalue weighted by Crippen LogP contribution is -2.21. The quantitative estimate of drug-likeness (QED) is 0.800. The zero-order chi connectivity index (χ0) is 11.5. The summed E-state index contributed by atoms with van der Waals surface area (Å²) in [6.07, 6.45) is 0. The average Bonchev–Trinajstić information content (AvgIpc) is 2.33. The van der Waals surface area contributed by atoms with Gasteiger partial charge in [-0.15, -0.1) is 5.10 Å². The maximum Gasteiger partial charge on any atom is 0.290 e. The van der Waals surface area contributed by atoms with Crippen molar-refractivity contribution in [3.05, 3.63) is 51.8 Å². The molecule has 0 aliphatic heterocycles. The summed E-state index contributed by atoms with van der Waals surface area (Å²) in [4.78, 5) is 11.8. The molecule has 2 aromatic rings. The van der Waals surface area contributed by atoms with Crippen molar-refractivity contribution in [3.63, 3.8) is 0 Å². The van der Waals surface area contributed by atoms with Crippen molar-refractivity contribution >= 4 is 11.6 Å². The third-order valence-electron chi connectivity index (χ3n) is 2.06. The van der Waals surface area contributed by atoms with Gasteiger partial charge in [-0.05, 0) is 12.1 Å². The number of para-hydroxylation sites is 1. The molecule has 1 aromatic carbocycles. The van der Waals surface area contributed by atoms with Gasteiger partial charge in [0, 0.05) is 6.07 Å². The van der Waals surface area contributed by atoms with Gasteiger partial charge in [0.1, 0.15) is 5.02 Å².